The summed E-state index contributed by atoms with van der Waals surface area (Å²) in [7, 11) is 0. The predicted octanol–water partition coefficient (Wildman–Crippen LogP) is 3.06. The van der Waals surface area contributed by atoms with Crippen LogP contribution in [0, 0.1) is 0 Å². The highest BCUT2D eigenvalue weighted by Crippen LogP contribution is 2.27. The van der Waals surface area contributed by atoms with Gasteiger partial charge in [0.25, 0.3) is 0 Å². The Morgan fingerprint density at radius 2 is 2.05 bits per heavy atom. The number of hydrogen-bond donors (Lipinski definition) is 2. The molecule has 0 aliphatic heterocycles. The van der Waals surface area contributed by atoms with Crippen molar-refractivity contribution in [1.82, 2.24) is 10.5 Å². The monoisotopic (exact) mass is 321 g/mol. The first-order valence-electron chi connectivity index (χ1n) is 5.55. The molecule has 6 heteroatoms. The Kier molecular flexibility index (Phi) is 4.88. The number of benzene rings is 1. The lowest BCUT2D eigenvalue weighted by molar-refractivity contribution is 0.240. The van der Waals surface area contributed by atoms with Crippen molar-refractivity contribution < 1.29 is 9.94 Å². The van der Waals surface area contributed by atoms with E-state index in [0.717, 1.165) is 11.9 Å². The molecule has 2 aromatic rings. The second-order valence-electron chi connectivity index (χ2n) is 3.62. The van der Waals surface area contributed by atoms with Crippen LogP contribution in [0.2, 0.25) is 0 Å². The molecule has 0 aliphatic rings. The molecule has 0 bridgehead atoms. The molecule has 0 aliphatic carbocycles. The molecule has 0 spiro atoms. The van der Waals surface area contributed by atoms with E-state index < -0.39 is 0 Å². The molecule has 0 fully saturated rings. The van der Waals surface area contributed by atoms with Crippen molar-refractivity contribution in [3.05, 3.63) is 52.6 Å². The number of halogens is 1. The number of aliphatic imine (C=N–C) groups is 1. The first-order chi connectivity index (χ1) is 9.29. The van der Waals surface area contributed by atoms with E-state index in [1.165, 1.54) is 0 Å². The van der Waals surface area contributed by atoms with Gasteiger partial charge in [-0.15, -0.1) is 0 Å². The van der Waals surface area contributed by atoms with Gasteiger partial charge in [-0.25, -0.2) is 9.98 Å². The third-order valence-corrected chi connectivity index (χ3v) is 2.73. The van der Waals surface area contributed by atoms with Crippen LogP contribution in [-0.2, 0) is 6.61 Å². The summed E-state index contributed by atoms with van der Waals surface area (Å²) in [5.41, 5.74) is 2.89. The lowest BCUT2D eigenvalue weighted by Gasteiger charge is -2.08. The molecule has 0 unspecified atom stereocenters. The van der Waals surface area contributed by atoms with Gasteiger partial charge < -0.3 is 4.74 Å². The highest BCUT2D eigenvalue weighted by atomic mass is 79.9. The van der Waals surface area contributed by atoms with Gasteiger partial charge in [0.2, 0.25) is 0 Å². The topological polar surface area (TPSA) is 66.7 Å². The highest BCUT2D eigenvalue weighted by molar-refractivity contribution is 9.10. The number of pyridine rings is 1. The Morgan fingerprint density at radius 3 is 2.79 bits per heavy atom. The molecule has 0 amide bonds. The standard InChI is InChI=1S/C13H12BrN3O2/c14-12-7-6-11(13(17-12)15-9-16-18)19-8-10-4-2-1-3-5-10/h1-7,9,18H,8H2,(H,15,16,17). The normalized spacial score (nSPS) is 10.6. The van der Waals surface area contributed by atoms with Crippen LogP contribution in [0.25, 0.3) is 0 Å². The van der Waals surface area contributed by atoms with Crippen LogP contribution in [0.3, 0.4) is 0 Å². The van der Waals surface area contributed by atoms with Gasteiger partial charge in [-0.05, 0) is 33.6 Å². The first-order valence-corrected chi connectivity index (χ1v) is 6.34. The van der Waals surface area contributed by atoms with E-state index in [1.54, 1.807) is 12.1 Å². The van der Waals surface area contributed by atoms with Crippen LogP contribution >= 0.6 is 15.9 Å². The lowest BCUT2D eigenvalue weighted by Crippen LogP contribution is -2.02. The summed E-state index contributed by atoms with van der Waals surface area (Å²) in [6, 6.07) is 13.3. The van der Waals surface area contributed by atoms with Crippen molar-refractivity contribution in [1.29, 1.82) is 0 Å². The van der Waals surface area contributed by atoms with Crippen LogP contribution < -0.4 is 10.2 Å². The molecule has 0 saturated heterocycles. The second-order valence-corrected chi connectivity index (χ2v) is 4.43. The van der Waals surface area contributed by atoms with Gasteiger partial charge in [-0.3, -0.25) is 10.7 Å². The Balaban J connectivity index is 2.13. The van der Waals surface area contributed by atoms with E-state index in [4.69, 9.17) is 9.94 Å². The molecular formula is C13H12BrN3O2. The summed E-state index contributed by atoms with van der Waals surface area (Å²) in [4.78, 5) is 8.11. The zero-order valence-corrected chi connectivity index (χ0v) is 11.5. The van der Waals surface area contributed by atoms with E-state index in [2.05, 4.69) is 25.9 Å². The fourth-order valence-corrected chi connectivity index (χ4v) is 1.74. The van der Waals surface area contributed by atoms with Crippen molar-refractivity contribution in [2.45, 2.75) is 6.61 Å². The maximum absolute atomic E-state index is 8.52. The number of aromatic nitrogens is 1. The molecule has 2 rings (SSSR count). The molecule has 1 heterocycles. The first kappa shape index (κ1) is 13.5. The molecule has 98 valence electrons. The quantitative estimate of drug-likeness (QED) is 0.384. The van der Waals surface area contributed by atoms with Crippen molar-refractivity contribution in [3.8, 4) is 5.75 Å². The minimum Gasteiger partial charge on any atom is -0.485 e. The predicted molar refractivity (Wildman–Crippen MR) is 75.8 cm³/mol. The zero-order chi connectivity index (χ0) is 13.5. The average Bonchev–Trinajstić information content (AvgIpc) is 2.45. The van der Waals surface area contributed by atoms with Crippen molar-refractivity contribution in [2.75, 3.05) is 0 Å². The molecule has 5 nitrogen and oxygen atoms in total. The molecule has 0 radical (unpaired) electrons. The Morgan fingerprint density at radius 1 is 1.26 bits per heavy atom. The minimum atomic E-state index is 0.381. The van der Waals surface area contributed by atoms with Gasteiger partial charge in [0, 0.05) is 0 Å². The second kappa shape index (κ2) is 6.86. The maximum Gasteiger partial charge on any atom is 0.197 e. The van der Waals surface area contributed by atoms with Crippen LogP contribution in [-0.4, -0.2) is 16.5 Å². The van der Waals surface area contributed by atoms with Gasteiger partial charge in [0.1, 0.15) is 17.5 Å². The number of rotatable bonds is 5. The van der Waals surface area contributed by atoms with Crippen LogP contribution in [0.5, 0.6) is 5.75 Å². The Bertz CT molecular complexity index is 561. The number of nitrogens with one attached hydrogen (secondary N) is 1. The fraction of sp³-hybridized carbons (Fsp3) is 0.0769. The summed E-state index contributed by atoms with van der Waals surface area (Å²) < 4.78 is 6.31. The van der Waals surface area contributed by atoms with Crippen molar-refractivity contribution >= 4 is 28.1 Å². The van der Waals surface area contributed by atoms with Gasteiger partial charge in [-0.1, -0.05) is 30.3 Å². The Labute approximate surface area is 119 Å². The van der Waals surface area contributed by atoms with Crippen LogP contribution in [0.1, 0.15) is 5.56 Å². The third kappa shape index (κ3) is 4.04. The molecule has 0 saturated carbocycles. The van der Waals surface area contributed by atoms with E-state index in [1.807, 2.05) is 35.8 Å². The van der Waals surface area contributed by atoms with E-state index in [-0.39, 0.29) is 0 Å². The SMILES string of the molecule is ONC=Nc1nc(Br)ccc1OCc1ccccc1. The van der Waals surface area contributed by atoms with Crippen LogP contribution in [0.4, 0.5) is 5.82 Å². The lowest BCUT2D eigenvalue weighted by atomic mass is 10.2. The largest absolute Gasteiger partial charge is 0.485 e. The smallest absolute Gasteiger partial charge is 0.197 e. The molecule has 1 aromatic heterocycles. The summed E-state index contributed by atoms with van der Waals surface area (Å²) in [6.07, 6.45) is 1.13. The number of hydroxylamine groups is 1. The van der Waals surface area contributed by atoms with Gasteiger partial charge >= 0.3 is 0 Å². The number of nitrogens with zero attached hydrogens (tertiary/aromatic N) is 2. The van der Waals surface area contributed by atoms with Gasteiger partial charge in [0.05, 0.1) is 0 Å². The van der Waals surface area contributed by atoms with Gasteiger partial charge in [0.15, 0.2) is 11.6 Å². The van der Waals surface area contributed by atoms with Crippen molar-refractivity contribution in [3.63, 3.8) is 0 Å². The minimum absolute atomic E-state index is 0.381. The Hall–Kier alpha value is -1.92. The summed E-state index contributed by atoms with van der Waals surface area (Å²) in [5, 5.41) is 8.52. The maximum atomic E-state index is 8.52. The summed E-state index contributed by atoms with van der Waals surface area (Å²) in [6.45, 7) is 0.430. The van der Waals surface area contributed by atoms with E-state index in [9.17, 15) is 0 Å². The summed E-state index contributed by atoms with van der Waals surface area (Å²) in [5.74, 6) is 0.922. The summed E-state index contributed by atoms with van der Waals surface area (Å²) >= 11 is 3.26. The zero-order valence-electron chi connectivity index (χ0n) is 9.95. The van der Waals surface area contributed by atoms with E-state index >= 15 is 0 Å². The van der Waals surface area contributed by atoms with Gasteiger partial charge in [-0.2, -0.15) is 0 Å². The molecule has 19 heavy (non-hydrogen) atoms. The number of hydrogen-bond acceptors (Lipinski definition) is 4. The molecular weight excluding hydrogens is 310 g/mol. The number of ether oxygens (including phenoxy) is 1. The van der Waals surface area contributed by atoms with Crippen LogP contribution in [0.15, 0.2) is 52.1 Å². The highest BCUT2D eigenvalue weighted by Gasteiger charge is 2.05. The van der Waals surface area contributed by atoms with E-state index in [0.29, 0.717) is 22.8 Å². The van der Waals surface area contributed by atoms with Crippen molar-refractivity contribution in [2.24, 2.45) is 4.99 Å². The third-order valence-electron chi connectivity index (χ3n) is 2.29. The average molecular weight is 322 g/mol. The molecule has 2 N–H and O–H groups in total. The molecule has 1 aromatic carbocycles. The molecule has 0 atom stereocenters. The fourth-order valence-electron chi connectivity index (χ4n) is 1.44.